The van der Waals surface area contributed by atoms with Crippen molar-refractivity contribution in [2.45, 2.75) is 19.4 Å². The molecule has 2 aromatic rings. The van der Waals surface area contributed by atoms with Gasteiger partial charge in [0, 0.05) is 13.6 Å². The average Bonchev–Trinajstić information content (AvgIpc) is 3.08. The van der Waals surface area contributed by atoms with Gasteiger partial charge in [0.05, 0.1) is 17.9 Å². The van der Waals surface area contributed by atoms with E-state index in [4.69, 9.17) is 0 Å². The molecule has 1 heterocycles. The molecule has 0 radical (unpaired) electrons. The number of nitrogens with zero attached hydrogens (tertiary/aromatic N) is 1. The van der Waals surface area contributed by atoms with Gasteiger partial charge in [-0.05, 0) is 48.4 Å². The lowest BCUT2D eigenvalue weighted by molar-refractivity contribution is 0.0604. The summed E-state index contributed by atoms with van der Waals surface area (Å²) in [6.07, 6.45) is 0. The lowest BCUT2D eigenvalue weighted by Crippen LogP contribution is -2.40. The highest BCUT2D eigenvalue weighted by Gasteiger charge is 2.24. The number of anilines is 2. The normalized spacial score (nSPS) is 13.2. The monoisotopic (exact) mass is 333 g/mol. The molecule has 23 heavy (non-hydrogen) atoms. The van der Waals surface area contributed by atoms with E-state index in [1.807, 2.05) is 48.1 Å². The molecule has 2 rings (SSSR count). The van der Waals surface area contributed by atoms with E-state index in [0.717, 1.165) is 23.5 Å². The third kappa shape index (κ3) is 4.46. The fraction of sp³-hybridized carbons (Fsp3) is 0.353. The van der Waals surface area contributed by atoms with Crippen LogP contribution in [0.3, 0.4) is 0 Å². The lowest BCUT2D eigenvalue weighted by Gasteiger charge is -2.24. The minimum atomic E-state index is -1.09. The molecule has 0 aliphatic rings. The highest BCUT2D eigenvalue weighted by atomic mass is 32.1. The molecule has 0 saturated carbocycles. The van der Waals surface area contributed by atoms with Crippen LogP contribution in [0.15, 0.2) is 41.1 Å². The maximum atomic E-state index is 12.1. The number of benzene rings is 1. The number of para-hydroxylation sites is 2. The Morgan fingerprint density at radius 3 is 2.74 bits per heavy atom. The van der Waals surface area contributed by atoms with E-state index in [1.165, 1.54) is 11.3 Å². The number of rotatable bonds is 6. The number of carbonyl (C=O) groups is 1. The van der Waals surface area contributed by atoms with Crippen molar-refractivity contribution in [1.82, 2.24) is 5.32 Å². The van der Waals surface area contributed by atoms with Crippen LogP contribution in [-0.4, -0.2) is 31.3 Å². The van der Waals surface area contributed by atoms with Gasteiger partial charge in [0.25, 0.3) is 0 Å². The fourth-order valence-electron chi connectivity index (χ4n) is 2.17. The first-order valence-corrected chi connectivity index (χ1v) is 8.48. The number of amides is 2. The van der Waals surface area contributed by atoms with Crippen LogP contribution in [0.4, 0.5) is 16.2 Å². The topological polar surface area (TPSA) is 64.6 Å². The molecular formula is C17H23N3O2S. The van der Waals surface area contributed by atoms with Crippen molar-refractivity contribution in [3.05, 3.63) is 46.7 Å². The Morgan fingerprint density at radius 2 is 2.09 bits per heavy atom. The number of urea groups is 1. The molecule has 0 spiro atoms. The number of hydrogen-bond acceptors (Lipinski definition) is 4. The number of hydrogen-bond donors (Lipinski definition) is 3. The summed E-state index contributed by atoms with van der Waals surface area (Å²) >= 11 is 1.52. The average molecular weight is 333 g/mol. The van der Waals surface area contributed by atoms with Gasteiger partial charge in [-0.2, -0.15) is 11.3 Å². The molecule has 0 aliphatic carbocycles. The van der Waals surface area contributed by atoms with Crippen molar-refractivity contribution in [3.63, 3.8) is 0 Å². The zero-order valence-corrected chi connectivity index (χ0v) is 14.5. The van der Waals surface area contributed by atoms with Crippen molar-refractivity contribution in [2.75, 3.05) is 30.4 Å². The third-order valence-corrected chi connectivity index (χ3v) is 4.46. The summed E-state index contributed by atoms with van der Waals surface area (Å²) in [7, 11) is 1.97. The van der Waals surface area contributed by atoms with E-state index in [9.17, 15) is 9.90 Å². The Labute approximate surface area is 140 Å². The molecule has 0 saturated heterocycles. The van der Waals surface area contributed by atoms with Gasteiger partial charge >= 0.3 is 6.03 Å². The molecule has 0 aliphatic heterocycles. The minimum Gasteiger partial charge on any atom is -0.384 e. The molecule has 6 heteroatoms. The van der Waals surface area contributed by atoms with E-state index in [2.05, 4.69) is 22.5 Å². The molecule has 5 nitrogen and oxygen atoms in total. The Kier molecular flexibility index (Phi) is 5.63. The summed E-state index contributed by atoms with van der Waals surface area (Å²) in [5.41, 5.74) is 1.41. The van der Waals surface area contributed by atoms with E-state index in [0.29, 0.717) is 0 Å². The minimum absolute atomic E-state index is 0.140. The van der Waals surface area contributed by atoms with Crippen LogP contribution < -0.4 is 15.5 Å². The van der Waals surface area contributed by atoms with Crippen LogP contribution in [0.1, 0.15) is 19.4 Å². The molecule has 1 aromatic carbocycles. The van der Waals surface area contributed by atoms with Crippen LogP contribution in [0.25, 0.3) is 0 Å². The van der Waals surface area contributed by atoms with Crippen molar-refractivity contribution < 1.29 is 9.90 Å². The Hall–Kier alpha value is -2.05. The molecule has 0 bridgehead atoms. The van der Waals surface area contributed by atoms with Gasteiger partial charge in [-0.3, -0.25) is 0 Å². The maximum absolute atomic E-state index is 12.1. The Balaban J connectivity index is 1.98. The maximum Gasteiger partial charge on any atom is 0.319 e. The first-order valence-electron chi connectivity index (χ1n) is 7.54. The summed E-state index contributed by atoms with van der Waals surface area (Å²) in [6.45, 7) is 4.72. The predicted molar refractivity (Wildman–Crippen MR) is 96.3 cm³/mol. The SMILES string of the molecule is CCN(C)c1ccccc1NC(=O)NC[C@](C)(O)c1ccsc1. The van der Waals surface area contributed by atoms with Crippen molar-refractivity contribution in [1.29, 1.82) is 0 Å². The molecule has 2 amide bonds. The molecule has 3 N–H and O–H groups in total. The second-order valence-corrected chi connectivity index (χ2v) is 6.40. The van der Waals surface area contributed by atoms with Gasteiger partial charge in [0.15, 0.2) is 0 Å². The van der Waals surface area contributed by atoms with E-state index >= 15 is 0 Å². The van der Waals surface area contributed by atoms with Crippen LogP contribution in [0.2, 0.25) is 0 Å². The second-order valence-electron chi connectivity index (χ2n) is 5.62. The highest BCUT2D eigenvalue weighted by Crippen LogP contribution is 2.25. The molecule has 0 fully saturated rings. The Bertz CT molecular complexity index is 641. The molecule has 1 atom stereocenters. The van der Waals surface area contributed by atoms with E-state index in [1.54, 1.807) is 6.92 Å². The van der Waals surface area contributed by atoms with Crippen molar-refractivity contribution in [2.24, 2.45) is 0 Å². The van der Waals surface area contributed by atoms with Gasteiger partial charge in [0.1, 0.15) is 5.60 Å². The van der Waals surface area contributed by atoms with Crippen molar-refractivity contribution >= 4 is 28.7 Å². The summed E-state index contributed by atoms with van der Waals surface area (Å²) in [5, 5.41) is 19.8. The highest BCUT2D eigenvalue weighted by molar-refractivity contribution is 7.08. The quantitative estimate of drug-likeness (QED) is 0.760. The molecule has 124 valence electrons. The van der Waals surface area contributed by atoms with Gasteiger partial charge in [-0.1, -0.05) is 12.1 Å². The third-order valence-electron chi connectivity index (χ3n) is 3.77. The zero-order chi connectivity index (χ0) is 16.9. The lowest BCUT2D eigenvalue weighted by atomic mass is 9.99. The number of nitrogens with one attached hydrogen (secondary N) is 2. The van der Waals surface area contributed by atoms with E-state index in [-0.39, 0.29) is 12.6 Å². The van der Waals surface area contributed by atoms with Crippen molar-refractivity contribution in [3.8, 4) is 0 Å². The molecule has 1 aromatic heterocycles. The first-order chi connectivity index (χ1) is 10.9. The first kappa shape index (κ1) is 17.3. The van der Waals surface area contributed by atoms with E-state index < -0.39 is 5.60 Å². The van der Waals surface area contributed by atoms with Gasteiger partial charge in [-0.25, -0.2) is 4.79 Å². The van der Waals surface area contributed by atoms with Gasteiger partial charge in [0.2, 0.25) is 0 Å². The van der Waals surface area contributed by atoms with Crippen LogP contribution in [-0.2, 0) is 5.60 Å². The summed E-state index contributed by atoms with van der Waals surface area (Å²) in [5.74, 6) is 0. The summed E-state index contributed by atoms with van der Waals surface area (Å²) in [4.78, 5) is 14.2. The molecular weight excluding hydrogens is 310 g/mol. The smallest absolute Gasteiger partial charge is 0.319 e. The van der Waals surface area contributed by atoms with Crippen LogP contribution in [0, 0.1) is 0 Å². The van der Waals surface area contributed by atoms with Gasteiger partial charge < -0.3 is 20.6 Å². The zero-order valence-electron chi connectivity index (χ0n) is 13.7. The second kappa shape index (κ2) is 7.48. The number of aliphatic hydroxyl groups is 1. The summed E-state index contributed by atoms with van der Waals surface area (Å²) < 4.78 is 0. The largest absolute Gasteiger partial charge is 0.384 e. The summed E-state index contributed by atoms with van der Waals surface area (Å²) in [6, 6.07) is 9.15. The standard InChI is InChI=1S/C17H23N3O2S/c1-4-20(3)15-8-6-5-7-14(15)19-16(21)18-12-17(2,22)13-9-10-23-11-13/h5-11,22H,4,12H2,1-3H3,(H2,18,19,21)/t17-/m0/s1. The Morgan fingerprint density at radius 1 is 1.35 bits per heavy atom. The molecule has 0 unspecified atom stereocenters. The number of thiophene rings is 1. The van der Waals surface area contributed by atoms with Crippen LogP contribution >= 0.6 is 11.3 Å². The fourth-order valence-corrected chi connectivity index (χ4v) is 2.96. The van der Waals surface area contributed by atoms with Crippen LogP contribution in [0.5, 0.6) is 0 Å². The number of carbonyl (C=O) groups excluding carboxylic acids is 1. The predicted octanol–water partition coefficient (Wildman–Crippen LogP) is 3.23. The van der Waals surface area contributed by atoms with Gasteiger partial charge in [-0.15, -0.1) is 0 Å².